The molecule has 3 rings (SSSR count). The third-order valence-electron chi connectivity index (χ3n) is 4.00. The van der Waals surface area contributed by atoms with E-state index < -0.39 is 5.91 Å². The van der Waals surface area contributed by atoms with Crippen LogP contribution in [0.25, 0.3) is 10.2 Å². The van der Waals surface area contributed by atoms with Crippen LogP contribution in [0.15, 0.2) is 41.4 Å². The summed E-state index contributed by atoms with van der Waals surface area (Å²) >= 11 is 1.24. The monoisotopic (exact) mass is 390 g/mol. The minimum Gasteiger partial charge on any atom is -0.496 e. The van der Waals surface area contributed by atoms with Gasteiger partial charge in [0.2, 0.25) is 0 Å². The summed E-state index contributed by atoms with van der Waals surface area (Å²) in [5.74, 6) is -0.0909. The Labute approximate surface area is 159 Å². The number of rotatable bonds is 6. The quantitative estimate of drug-likeness (QED) is 0.648. The lowest BCUT2D eigenvalue weighted by molar-refractivity contribution is 0.0991. The molecule has 0 aliphatic rings. The van der Waals surface area contributed by atoms with Crippen molar-refractivity contribution < 1.29 is 23.4 Å². The standard InChI is InChI=1S/C19H19FN2O4S/c1-24-10-9-22-13-8-7-12(20)11-16(13)27-19(22)21-18(23)17-14(25-2)5-4-6-15(17)26-3/h4-8,11H,9-10H2,1-3H3. The van der Waals surface area contributed by atoms with Crippen LogP contribution in [0.3, 0.4) is 0 Å². The van der Waals surface area contributed by atoms with Gasteiger partial charge in [-0.15, -0.1) is 0 Å². The zero-order valence-corrected chi connectivity index (χ0v) is 16.0. The first-order valence-corrected chi connectivity index (χ1v) is 8.98. The molecule has 0 aliphatic carbocycles. The van der Waals surface area contributed by atoms with Crippen molar-refractivity contribution in [1.29, 1.82) is 0 Å². The van der Waals surface area contributed by atoms with E-state index in [-0.39, 0.29) is 11.4 Å². The van der Waals surface area contributed by atoms with Gasteiger partial charge in [0, 0.05) is 13.7 Å². The van der Waals surface area contributed by atoms with E-state index in [2.05, 4.69) is 4.99 Å². The van der Waals surface area contributed by atoms with E-state index in [9.17, 15) is 9.18 Å². The van der Waals surface area contributed by atoms with Crippen LogP contribution in [0, 0.1) is 5.82 Å². The van der Waals surface area contributed by atoms with Gasteiger partial charge in [-0.2, -0.15) is 4.99 Å². The summed E-state index contributed by atoms with van der Waals surface area (Å²) in [5, 5.41) is 0. The van der Waals surface area contributed by atoms with Gasteiger partial charge in [0.05, 0.1) is 31.0 Å². The van der Waals surface area contributed by atoms with E-state index in [0.717, 1.165) is 5.52 Å². The van der Waals surface area contributed by atoms with Crippen LogP contribution in [0.1, 0.15) is 10.4 Å². The molecule has 0 N–H and O–H groups in total. The molecule has 1 amide bonds. The fraction of sp³-hybridized carbons (Fsp3) is 0.263. The summed E-state index contributed by atoms with van der Waals surface area (Å²) < 4.78 is 31.8. The van der Waals surface area contributed by atoms with Crippen LogP contribution in [-0.2, 0) is 11.3 Å². The van der Waals surface area contributed by atoms with Crippen molar-refractivity contribution in [3.8, 4) is 11.5 Å². The zero-order valence-electron chi connectivity index (χ0n) is 15.2. The molecule has 6 nitrogen and oxygen atoms in total. The highest BCUT2D eigenvalue weighted by molar-refractivity contribution is 7.16. The molecule has 1 aromatic heterocycles. The fourth-order valence-corrected chi connectivity index (χ4v) is 3.82. The van der Waals surface area contributed by atoms with Crippen molar-refractivity contribution in [3.63, 3.8) is 0 Å². The minimum atomic E-state index is -0.498. The van der Waals surface area contributed by atoms with E-state index in [1.807, 2.05) is 4.57 Å². The molecular weight excluding hydrogens is 371 g/mol. The number of thiazole rings is 1. The van der Waals surface area contributed by atoms with Crippen LogP contribution in [0.2, 0.25) is 0 Å². The Balaban J connectivity index is 2.17. The third-order valence-corrected chi connectivity index (χ3v) is 5.04. The number of carbonyl (C=O) groups excluding carboxylic acids is 1. The Morgan fingerprint density at radius 3 is 2.48 bits per heavy atom. The van der Waals surface area contributed by atoms with Crippen LogP contribution in [0.4, 0.5) is 4.39 Å². The van der Waals surface area contributed by atoms with Gasteiger partial charge in [-0.1, -0.05) is 17.4 Å². The Morgan fingerprint density at radius 1 is 1.15 bits per heavy atom. The molecule has 0 aliphatic heterocycles. The number of nitrogens with zero attached hydrogens (tertiary/aromatic N) is 2. The summed E-state index contributed by atoms with van der Waals surface area (Å²) in [4.78, 5) is 17.6. The second kappa shape index (κ2) is 8.32. The predicted octanol–water partition coefficient (Wildman–Crippen LogP) is 3.25. The molecule has 0 bridgehead atoms. The first-order valence-electron chi connectivity index (χ1n) is 8.17. The van der Waals surface area contributed by atoms with Crippen molar-refractivity contribution in [2.24, 2.45) is 4.99 Å². The molecule has 2 aromatic carbocycles. The number of hydrogen-bond acceptors (Lipinski definition) is 5. The molecule has 0 radical (unpaired) electrons. The molecule has 0 saturated heterocycles. The molecule has 1 heterocycles. The zero-order chi connectivity index (χ0) is 19.4. The van der Waals surface area contributed by atoms with Gasteiger partial charge in [-0.3, -0.25) is 4.79 Å². The Bertz CT molecular complexity index is 1020. The van der Waals surface area contributed by atoms with Crippen LogP contribution >= 0.6 is 11.3 Å². The molecule has 27 heavy (non-hydrogen) atoms. The second-order valence-corrected chi connectivity index (χ2v) is 6.60. The molecule has 0 unspecified atom stereocenters. The molecule has 0 fully saturated rings. The number of halogens is 1. The molecule has 142 valence electrons. The number of methoxy groups -OCH3 is 3. The van der Waals surface area contributed by atoms with E-state index >= 15 is 0 Å². The van der Waals surface area contributed by atoms with Crippen molar-refractivity contribution in [3.05, 3.63) is 52.6 Å². The highest BCUT2D eigenvalue weighted by atomic mass is 32.1. The minimum absolute atomic E-state index is 0.240. The summed E-state index contributed by atoms with van der Waals surface area (Å²) in [6.07, 6.45) is 0. The maximum absolute atomic E-state index is 13.6. The van der Waals surface area contributed by atoms with E-state index in [4.69, 9.17) is 14.2 Å². The third kappa shape index (κ3) is 3.86. The molecule has 8 heteroatoms. The van der Waals surface area contributed by atoms with Gasteiger partial charge in [0.15, 0.2) is 4.80 Å². The van der Waals surface area contributed by atoms with E-state index in [0.29, 0.717) is 34.2 Å². The number of ether oxygens (including phenoxy) is 3. The molecule has 0 saturated carbocycles. The second-order valence-electron chi connectivity index (χ2n) is 5.60. The number of hydrogen-bond donors (Lipinski definition) is 0. The maximum Gasteiger partial charge on any atom is 0.287 e. The number of aromatic nitrogens is 1. The van der Waals surface area contributed by atoms with Crippen molar-refractivity contribution in [2.45, 2.75) is 6.54 Å². The lowest BCUT2D eigenvalue weighted by Crippen LogP contribution is -2.19. The van der Waals surface area contributed by atoms with E-state index in [1.165, 1.54) is 37.7 Å². The van der Waals surface area contributed by atoms with Gasteiger partial charge in [0.1, 0.15) is 22.9 Å². The largest absolute Gasteiger partial charge is 0.496 e. The number of amides is 1. The highest BCUT2D eigenvalue weighted by Gasteiger charge is 2.18. The Morgan fingerprint density at radius 2 is 1.85 bits per heavy atom. The average molecular weight is 390 g/mol. The van der Waals surface area contributed by atoms with Crippen molar-refractivity contribution >= 4 is 27.5 Å². The van der Waals surface area contributed by atoms with Crippen LogP contribution in [0.5, 0.6) is 11.5 Å². The van der Waals surface area contributed by atoms with Gasteiger partial charge >= 0.3 is 0 Å². The molecule has 0 atom stereocenters. The molecule has 3 aromatic rings. The number of fused-ring (bicyclic) bond motifs is 1. The summed E-state index contributed by atoms with van der Waals surface area (Å²) in [6, 6.07) is 9.55. The topological polar surface area (TPSA) is 62.1 Å². The predicted molar refractivity (Wildman–Crippen MR) is 101 cm³/mol. The molecular formula is C19H19FN2O4S. The van der Waals surface area contributed by atoms with Gasteiger partial charge in [-0.25, -0.2) is 4.39 Å². The fourth-order valence-electron chi connectivity index (χ4n) is 2.74. The Hall–Kier alpha value is -2.71. The lowest BCUT2D eigenvalue weighted by Gasteiger charge is -2.09. The Kier molecular flexibility index (Phi) is 5.88. The van der Waals surface area contributed by atoms with Crippen molar-refractivity contribution in [2.75, 3.05) is 27.9 Å². The summed E-state index contributed by atoms with van der Waals surface area (Å²) in [5.41, 5.74) is 1.03. The first kappa shape index (κ1) is 19.1. The van der Waals surface area contributed by atoms with Crippen molar-refractivity contribution in [1.82, 2.24) is 4.57 Å². The SMILES string of the molecule is COCCn1c(=NC(=O)c2c(OC)cccc2OC)sc2cc(F)ccc21. The van der Waals surface area contributed by atoms with Gasteiger partial charge in [0.25, 0.3) is 5.91 Å². The van der Waals surface area contributed by atoms with Crippen LogP contribution in [-0.4, -0.2) is 38.4 Å². The summed E-state index contributed by atoms with van der Waals surface area (Å²) in [6.45, 7) is 0.917. The van der Waals surface area contributed by atoms with Crippen LogP contribution < -0.4 is 14.3 Å². The average Bonchev–Trinajstić information content (AvgIpc) is 3.01. The maximum atomic E-state index is 13.6. The van der Waals surface area contributed by atoms with Gasteiger partial charge < -0.3 is 18.8 Å². The van der Waals surface area contributed by atoms with E-state index in [1.54, 1.807) is 31.4 Å². The number of benzene rings is 2. The smallest absolute Gasteiger partial charge is 0.287 e. The normalized spacial score (nSPS) is 11.8. The number of carbonyl (C=O) groups is 1. The first-order chi connectivity index (χ1) is 13.1. The lowest BCUT2D eigenvalue weighted by atomic mass is 10.1. The highest BCUT2D eigenvalue weighted by Crippen LogP contribution is 2.29. The molecule has 0 spiro atoms. The van der Waals surface area contributed by atoms with Gasteiger partial charge in [-0.05, 0) is 30.3 Å². The summed E-state index contributed by atoms with van der Waals surface area (Å²) in [7, 11) is 4.55.